The van der Waals surface area contributed by atoms with Gasteiger partial charge in [-0.3, -0.25) is 0 Å². The maximum atomic E-state index is 13.0. The minimum absolute atomic E-state index is 0.186. The Hall–Kier alpha value is -0.900. The van der Waals surface area contributed by atoms with E-state index in [1.54, 1.807) is 17.4 Å². The van der Waals surface area contributed by atoms with Crippen LogP contribution in [0.25, 0.3) is 0 Å². The van der Waals surface area contributed by atoms with Crippen molar-refractivity contribution in [1.29, 1.82) is 0 Å². The predicted molar refractivity (Wildman–Crippen MR) is 75.7 cm³/mol. The summed E-state index contributed by atoms with van der Waals surface area (Å²) >= 11 is 7.49. The third-order valence-electron chi connectivity index (χ3n) is 2.92. The summed E-state index contributed by atoms with van der Waals surface area (Å²) in [6.07, 6.45) is 0. The number of nitrogens with one attached hydrogen (secondary N) is 1. The van der Waals surface area contributed by atoms with Gasteiger partial charge >= 0.3 is 0 Å². The van der Waals surface area contributed by atoms with Crippen LogP contribution in [0.15, 0.2) is 30.3 Å². The monoisotopic (exact) mass is 283 g/mol. The average Bonchev–Trinajstić information content (AvgIpc) is 2.74. The molecule has 1 aromatic heterocycles. The maximum Gasteiger partial charge on any atom is 0.123 e. The smallest absolute Gasteiger partial charge is 0.123 e. The summed E-state index contributed by atoms with van der Waals surface area (Å²) < 4.78 is 13.8. The van der Waals surface area contributed by atoms with Gasteiger partial charge in [-0.1, -0.05) is 17.7 Å². The summed E-state index contributed by atoms with van der Waals surface area (Å²) in [5, 5.41) is 3.42. The lowest BCUT2D eigenvalue weighted by Crippen LogP contribution is -2.17. The number of rotatable bonds is 4. The highest BCUT2D eigenvalue weighted by Crippen LogP contribution is 2.26. The highest BCUT2D eigenvalue weighted by atomic mass is 35.5. The van der Waals surface area contributed by atoms with E-state index < -0.39 is 0 Å². The number of halogens is 2. The molecular weight excluding hydrogens is 269 g/mol. The van der Waals surface area contributed by atoms with Crippen LogP contribution in [0.3, 0.4) is 0 Å². The second-order valence-electron chi connectivity index (χ2n) is 4.32. The van der Waals surface area contributed by atoms with Gasteiger partial charge in [-0.15, -0.1) is 11.3 Å². The van der Waals surface area contributed by atoms with Crippen LogP contribution in [0, 0.1) is 12.7 Å². The molecule has 1 unspecified atom stereocenters. The summed E-state index contributed by atoms with van der Waals surface area (Å²) in [5.41, 5.74) is 2.09. The van der Waals surface area contributed by atoms with E-state index in [0.717, 1.165) is 22.0 Å². The van der Waals surface area contributed by atoms with Crippen LogP contribution in [-0.4, -0.2) is 0 Å². The first-order valence-electron chi connectivity index (χ1n) is 5.80. The first-order valence-corrected chi connectivity index (χ1v) is 6.99. The Morgan fingerprint density at radius 2 is 2.11 bits per heavy atom. The second-order valence-corrected chi connectivity index (χ2v) is 6.06. The minimum atomic E-state index is -0.186. The van der Waals surface area contributed by atoms with Gasteiger partial charge in [-0.2, -0.15) is 0 Å². The molecule has 18 heavy (non-hydrogen) atoms. The largest absolute Gasteiger partial charge is 0.305 e. The Labute approximate surface area is 116 Å². The van der Waals surface area contributed by atoms with Crippen molar-refractivity contribution in [2.75, 3.05) is 0 Å². The highest BCUT2D eigenvalue weighted by molar-refractivity contribution is 7.16. The van der Waals surface area contributed by atoms with Crippen molar-refractivity contribution < 1.29 is 4.39 Å². The van der Waals surface area contributed by atoms with Crippen molar-refractivity contribution in [2.24, 2.45) is 0 Å². The van der Waals surface area contributed by atoms with Gasteiger partial charge in [-0.05, 0) is 49.2 Å². The molecule has 1 N–H and O–H groups in total. The van der Waals surface area contributed by atoms with Crippen LogP contribution in [0.2, 0.25) is 4.34 Å². The van der Waals surface area contributed by atoms with Crippen LogP contribution in [0.1, 0.15) is 29.0 Å². The first-order chi connectivity index (χ1) is 8.56. The molecule has 0 radical (unpaired) electrons. The molecule has 1 nitrogen and oxygen atoms in total. The minimum Gasteiger partial charge on any atom is -0.305 e. The average molecular weight is 284 g/mol. The van der Waals surface area contributed by atoms with Crippen molar-refractivity contribution in [1.82, 2.24) is 5.32 Å². The molecule has 2 aromatic rings. The molecule has 0 spiro atoms. The molecule has 2 rings (SSSR count). The second kappa shape index (κ2) is 5.83. The Balaban J connectivity index is 1.99. The molecule has 96 valence electrons. The number of aryl methyl sites for hydroxylation is 1. The van der Waals surface area contributed by atoms with E-state index >= 15 is 0 Å². The highest BCUT2D eigenvalue weighted by Gasteiger charge is 2.08. The van der Waals surface area contributed by atoms with Crippen molar-refractivity contribution in [3.63, 3.8) is 0 Å². The molecule has 0 saturated carbocycles. The molecule has 1 atom stereocenters. The third kappa shape index (κ3) is 3.31. The number of thiophene rings is 1. The molecule has 4 heteroatoms. The Bertz CT molecular complexity index is 538. The normalized spacial score (nSPS) is 12.7. The fraction of sp³-hybridized carbons (Fsp3) is 0.286. The van der Waals surface area contributed by atoms with Gasteiger partial charge in [-0.25, -0.2) is 4.39 Å². The summed E-state index contributed by atoms with van der Waals surface area (Å²) in [5.74, 6) is -0.186. The van der Waals surface area contributed by atoms with E-state index in [2.05, 4.69) is 12.2 Å². The van der Waals surface area contributed by atoms with Gasteiger partial charge in [0, 0.05) is 17.5 Å². The molecule has 0 fully saturated rings. The number of benzene rings is 1. The van der Waals surface area contributed by atoms with Gasteiger partial charge < -0.3 is 5.32 Å². The quantitative estimate of drug-likeness (QED) is 0.858. The van der Waals surface area contributed by atoms with E-state index in [4.69, 9.17) is 11.6 Å². The summed E-state index contributed by atoms with van der Waals surface area (Å²) in [6, 6.07) is 9.06. The summed E-state index contributed by atoms with van der Waals surface area (Å²) in [6.45, 7) is 4.75. The zero-order valence-electron chi connectivity index (χ0n) is 10.3. The van der Waals surface area contributed by atoms with Crippen LogP contribution in [0.5, 0.6) is 0 Å². The van der Waals surface area contributed by atoms with Gasteiger partial charge in [0.25, 0.3) is 0 Å². The van der Waals surface area contributed by atoms with Gasteiger partial charge in [0.2, 0.25) is 0 Å². The topological polar surface area (TPSA) is 12.0 Å². The van der Waals surface area contributed by atoms with Crippen molar-refractivity contribution in [2.45, 2.75) is 26.4 Å². The van der Waals surface area contributed by atoms with Gasteiger partial charge in [0.1, 0.15) is 5.82 Å². The SMILES string of the molecule is Cc1cc(F)ccc1CNC(C)c1ccc(Cl)s1. The van der Waals surface area contributed by atoms with Gasteiger partial charge in [0.05, 0.1) is 4.34 Å². The van der Waals surface area contributed by atoms with E-state index in [9.17, 15) is 4.39 Å². The Morgan fingerprint density at radius 1 is 1.33 bits per heavy atom. The van der Waals surface area contributed by atoms with Crippen molar-refractivity contribution in [3.8, 4) is 0 Å². The van der Waals surface area contributed by atoms with E-state index in [-0.39, 0.29) is 11.9 Å². The van der Waals surface area contributed by atoms with Gasteiger partial charge in [0.15, 0.2) is 0 Å². The van der Waals surface area contributed by atoms with Crippen LogP contribution in [-0.2, 0) is 6.54 Å². The standard InChI is InChI=1S/C14H15ClFNS/c1-9-7-12(16)4-3-11(9)8-17-10(2)13-5-6-14(15)18-13/h3-7,10,17H,8H2,1-2H3. The van der Waals surface area contributed by atoms with E-state index in [1.165, 1.54) is 10.9 Å². The molecule has 0 aliphatic rings. The summed E-state index contributed by atoms with van der Waals surface area (Å²) in [7, 11) is 0. The Kier molecular flexibility index (Phi) is 4.38. The molecule has 0 bridgehead atoms. The number of hydrogen-bond donors (Lipinski definition) is 1. The van der Waals surface area contributed by atoms with E-state index in [1.807, 2.05) is 25.1 Å². The molecule has 0 saturated heterocycles. The van der Waals surface area contributed by atoms with Crippen molar-refractivity contribution in [3.05, 3.63) is 56.5 Å². The maximum absolute atomic E-state index is 13.0. The zero-order valence-corrected chi connectivity index (χ0v) is 11.9. The lowest BCUT2D eigenvalue weighted by molar-refractivity contribution is 0.578. The number of hydrogen-bond acceptors (Lipinski definition) is 2. The van der Waals surface area contributed by atoms with Crippen LogP contribution < -0.4 is 5.32 Å². The molecular formula is C14H15ClFNS. The van der Waals surface area contributed by atoms with Crippen LogP contribution in [0.4, 0.5) is 4.39 Å². The predicted octanol–water partition coefficient (Wildman–Crippen LogP) is 4.70. The molecule has 1 heterocycles. The molecule has 0 aliphatic heterocycles. The van der Waals surface area contributed by atoms with Crippen molar-refractivity contribution >= 4 is 22.9 Å². The lowest BCUT2D eigenvalue weighted by atomic mass is 10.1. The Morgan fingerprint density at radius 3 is 2.72 bits per heavy atom. The zero-order chi connectivity index (χ0) is 13.1. The molecule has 1 aromatic carbocycles. The fourth-order valence-electron chi connectivity index (χ4n) is 1.78. The molecule has 0 aliphatic carbocycles. The molecule has 0 amide bonds. The summed E-state index contributed by atoms with van der Waals surface area (Å²) in [4.78, 5) is 1.21. The lowest BCUT2D eigenvalue weighted by Gasteiger charge is -2.13. The fourth-order valence-corrected chi connectivity index (χ4v) is 2.87. The van der Waals surface area contributed by atoms with Crippen LogP contribution >= 0.6 is 22.9 Å². The first kappa shape index (κ1) is 13.5. The third-order valence-corrected chi connectivity index (χ3v) is 4.34. The van der Waals surface area contributed by atoms with E-state index in [0.29, 0.717) is 0 Å².